The van der Waals surface area contributed by atoms with Crippen LogP contribution in [0.5, 0.6) is 0 Å². The third kappa shape index (κ3) is 160. The van der Waals surface area contributed by atoms with E-state index in [-0.39, 0.29) is 39.9 Å². The fraction of sp³-hybridized carbons (Fsp3) is 0. The van der Waals surface area contributed by atoms with Gasteiger partial charge in [-0.15, -0.1) is 0 Å². The molecule has 0 radical (unpaired) electrons. The molecule has 5 nitrogen and oxygen atoms in total. The van der Waals surface area contributed by atoms with Crippen molar-refractivity contribution in [1.29, 1.82) is 0 Å². The summed E-state index contributed by atoms with van der Waals surface area (Å²) in [4.78, 5) is 0. The van der Waals surface area contributed by atoms with Gasteiger partial charge in [-0.1, -0.05) is 0 Å². The Labute approximate surface area is 70.8 Å². The Balaban J connectivity index is 0. The van der Waals surface area contributed by atoms with Crippen LogP contribution in [0.3, 0.4) is 0 Å². The second kappa shape index (κ2) is 2.12. The van der Waals surface area contributed by atoms with E-state index in [2.05, 4.69) is 0 Å². The van der Waals surface area contributed by atoms with Crippen molar-refractivity contribution in [3.8, 4) is 0 Å². The van der Waals surface area contributed by atoms with Gasteiger partial charge in [0, 0.05) is 39.9 Å². The monoisotopic (exact) mass is 419 g/mol. The first-order valence-electron chi connectivity index (χ1n) is 0.913. The van der Waals surface area contributed by atoms with Crippen LogP contribution >= 0.6 is 0 Å². The third-order valence-electron chi connectivity index (χ3n) is 0. The Morgan fingerprint density at radius 1 is 0.714 bits per heavy atom. The zero-order chi connectivity index (χ0) is 5.45. The summed E-state index contributed by atoms with van der Waals surface area (Å²) in [5, 5.41) is 0. The molecule has 0 N–H and O–H groups in total. The van der Waals surface area contributed by atoms with Gasteiger partial charge in [-0.05, 0) is 0 Å². The number of hydrogen-bond donors (Lipinski definition) is 0. The standard InChI is InChI=1S/Gd.5O.Ta. The molecule has 0 aromatic carbocycles. The molecule has 0 saturated carbocycles. The molecular formula is GdO5Ta. The third-order valence-corrected chi connectivity index (χ3v) is 0. The molecule has 7 heteroatoms. The van der Waals surface area contributed by atoms with Gasteiger partial charge < -0.3 is 0 Å². The first-order chi connectivity index (χ1) is 2.24. The van der Waals surface area contributed by atoms with Gasteiger partial charge >= 0.3 is 31.9 Å². The predicted octanol–water partition coefficient (Wildman–Crippen LogP) is -0.597. The molecule has 7 heavy (non-hydrogen) atoms. The summed E-state index contributed by atoms with van der Waals surface area (Å²) >= 11 is -8.05. The van der Waals surface area contributed by atoms with E-state index < -0.39 is 15.7 Å². The molecule has 0 heterocycles. The van der Waals surface area contributed by atoms with Crippen molar-refractivity contribution in [2.45, 2.75) is 0 Å². The van der Waals surface area contributed by atoms with E-state index in [0.717, 1.165) is 0 Å². The molecule has 43 valence electrons. The van der Waals surface area contributed by atoms with Crippen molar-refractivity contribution in [1.82, 2.24) is 0 Å². The van der Waals surface area contributed by atoms with Crippen LogP contribution in [0.15, 0.2) is 0 Å². The van der Waals surface area contributed by atoms with Crippen LogP contribution < -0.4 is 0 Å². The zero-order valence-corrected chi connectivity index (χ0v) is 8.32. The summed E-state index contributed by atoms with van der Waals surface area (Å²) in [5.41, 5.74) is 0. The maximum atomic E-state index is 8.67. The fourth-order valence-electron chi connectivity index (χ4n) is 0. The van der Waals surface area contributed by atoms with Crippen LogP contribution in [-0.2, 0) is 31.9 Å². The van der Waals surface area contributed by atoms with E-state index in [1.54, 1.807) is 0 Å². The SMILES string of the molecule is [Gd].[O]=[Ta](=[O])(=[O])(=[O])=[O]. The molecule has 0 aliphatic heterocycles. The molecule has 0 atom stereocenters. The minimum absolute atomic E-state index is 0. The van der Waals surface area contributed by atoms with E-state index >= 15 is 0 Å². The summed E-state index contributed by atoms with van der Waals surface area (Å²) in [6.45, 7) is 0. The molecule has 0 aromatic rings. The Morgan fingerprint density at radius 3 is 0.714 bits per heavy atom. The summed E-state index contributed by atoms with van der Waals surface area (Å²) in [6, 6.07) is 0. The van der Waals surface area contributed by atoms with Gasteiger partial charge in [0.05, 0.1) is 0 Å². The van der Waals surface area contributed by atoms with Gasteiger partial charge in [-0.25, -0.2) is 0 Å². The molecule has 0 saturated heterocycles. The van der Waals surface area contributed by atoms with Crippen molar-refractivity contribution >= 4 is 0 Å². The van der Waals surface area contributed by atoms with Crippen LogP contribution in [0.1, 0.15) is 0 Å². The Bertz CT molecular complexity index is 278. The van der Waals surface area contributed by atoms with Gasteiger partial charge in [-0.2, -0.15) is 0 Å². The Morgan fingerprint density at radius 2 is 0.714 bits per heavy atom. The van der Waals surface area contributed by atoms with Crippen LogP contribution in [-0.4, -0.2) is 0 Å². The number of rotatable bonds is 0. The van der Waals surface area contributed by atoms with Crippen LogP contribution in [0.2, 0.25) is 0 Å². The van der Waals surface area contributed by atoms with Gasteiger partial charge in [0.25, 0.3) is 0 Å². The summed E-state index contributed by atoms with van der Waals surface area (Å²) in [5.74, 6) is 0. The molecule has 0 fully saturated rings. The molecule has 0 spiro atoms. The van der Waals surface area contributed by atoms with Gasteiger partial charge in [0.2, 0.25) is 0 Å². The van der Waals surface area contributed by atoms with Crippen molar-refractivity contribution in [3.05, 3.63) is 0 Å². The average Bonchev–Trinajstić information content (AvgIpc) is 0.650. The van der Waals surface area contributed by atoms with Gasteiger partial charge in [-0.3, -0.25) is 0 Å². The summed E-state index contributed by atoms with van der Waals surface area (Å²) < 4.78 is 43.4. The molecule has 0 amide bonds. The Hall–Kier alpha value is 1.06. The van der Waals surface area contributed by atoms with E-state index in [0.29, 0.717) is 0 Å². The maximum absolute atomic E-state index is 8.67. The van der Waals surface area contributed by atoms with E-state index in [4.69, 9.17) is 16.3 Å². The van der Waals surface area contributed by atoms with Crippen molar-refractivity contribution in [2.24, 2.45) is 0 Å². The molecule has 0 aliphatic rings. The fourth-order valence-corrected chi connectivity index (χ4v) is 0. The topological polar surface area (TPSA) is 85.3 Å². The molecular weight excluding hydrogens is 418 g/mol. The number of hydrogen-bond acceptors (Lipinski definition) is 5. The first-order valence-corrected chi connectivity index (χ1v) is 7.47. The molecule has 0 aliphatic carbocycles. The molecule has 0 unspecified atom stereocenters. The van der Waals surface area contributed by atoms with Crippen LogP contribution in [0.25, 0.3) is 0 Å². The first kappa shape index (κ1) is 10.9. The quantitative estimate of drug-likeness (QED) is 0.525. The summed E-state index contributed by atoms with van der Waals surface area (Å²) in [6.07, 6.45) is 0. The van der Waals surface area contributed by atoms with Gasteiger partial charge in [0.1, 0.15) is 0 Å². The second-order valence-electron chi connectivity index (χ2n) is 0.745. The van der Waals surface area contributed by atoms with E-state index in [1.165, 1.54) is 0 Å². The normalized spacial score (nSPS) is 8.57. The van der Waals surface area contributed by atoms with Crippen molar-refractivity contribution < 1.29 is 71.9 Å². The zero-order valence-electron chi connectivity index (χ0n) is 2.84. The average molecular weight is 418 g/mol. The van der Waals surface area contributed by atoms with Crippen molar-refractivity contribution in [2.75, 3.05) is 0 Å². The Kier molecular flexibility index (Phi) is 3.32. The van der Waals surface area contributed by atoms with Crippen LogP contribution in [0.4, 0.5) is 0 Å². The van der Waals surface area contributed by atoms with Crippen LogP contribution in [0, 0.1) is 39.9 Å². The van der Waals surface area contributed by atoms with Gasteiger partial charge in [0.15, 0.2) is 0 Å². The van der Waals surface area contributed by atoms with E-state index in [1.807, 2.05) is 0 Å². The molecule has 0 rings (SSSR count). The summed E-state index contributed by atoms with van der Waals surface area (Å²) in [7, 11) is 0. The van der Waals surface area contributed by atoms with E-state index in [9.17, 15) is 0 Å². The van der Waals surface area contributed by atoms with Crippen molar-refractivity contribution in [3.63, 3.8) is 0 Å². The minimum atomic E-state index is -8.05. The molecule has 0 bridgehead atoms. The second-order valence-corrected chi connectivity index (χ2v) is 6.10. The predicted molar refractivity (Wildman–Crippen MR) is 3.43 cm³/mol. The molecule has 0 aromatic heterocycles.